The predicted molar refractivity (Wildman–Crippen MR) is 70.7 cm³/mol. The van der Waals surface area contributed by atoms with E-state index >= 15 is 0 Å². The van der Waals surface area contributed by atoms with Gasteiger partial charge in [-0.25, -0.2) is 0 Å². The van der Waals surface area contributed by atoms with Crippen molar-refractivity contribution in [3.63, 3.8) is 0 Å². The van der Waals surface area contributed by atoms with Gasteiger partial charge in [0.15, 0.2) is 0 Å². The first-order valence-corrected chi connectivity index (χ1v) is 5.97. The number of aliphatic hydroxyl groups is 1. The molecule has 0 radical (unpaired) electrons. The topological polar surface area (TPSA) is 20.2 Å². The summed E-state index contributed by atoms with van der Waals surface area (Å²) in [6.07, 6.45) is 0. The Morgan fingerprint density at radius 3 is 2.29 bits per heavy atom. The van der Waals surface area contributed by atoms with Crippen molar-refractivity contribution in [3.8, 4) is 23.7 Å². The zero-order valence-electron chi connectivity index (χ0n) is 9.10. The fraction of sp³-hybridized carbons (Fsp3) is 0.0667. The largest absolute Gasteiger partial charge is 0.384 e. The van der Waals surface area contributed by atoms with Gasteiger partial charge >= 0.3 is 0 Å². The van der Waals surface area contributed by atoms with Gasteiger partial charge in [0.25, 0.3) is 0 Å². The minimum atomic E-state index is -0.108. The molecule has 1 N–H and O–H groups in total. The second kappa shape index (κ2) is 5.92. The highest BCUT2D eigenvalue weighted by molar-refractivity contribution is 7.13. The molecule has 0 saturated heterocycles. The van der Waals surface area contributed by atoms with Crippen LogP contribution in [0.3, 0.4) is 0 Å². The van der Waals surface area contributed by atoms with Gasteiger partial charge in [-0.2, -0.15) is 0 Å². The Hall–Kier alpha value is -2.00. The molecule has 0 atom stereocenters. The van der Waals surface area contributed by atoms with Crippen molar-refractivity contribution in [2.45, 2.75) is 0 Å². The molecule has 0 bridgehead atoms. The van der Waals surface area contributed by atoms with Gasteiger partial charge < -0.3 is 5.11 Å². The van der Waals surface area contributed by atoms with Gasteiger partial charge in [0.05, 0.1) is 9.75 Å². The second-order valence-electron chi connectivity index (χ2n) is 3.24. The van der Waals surface area contributed by atoms with E-state index in [1.807, 2.05) is 42.5 Å². The van der Waals surface area contributed by atoms with Crippen molar-refractivity contribution in [2.75, 3.05) is 6.61 Å². The summed E-state index contributed by atoms with van der Waals surface area (Å²) < 4.78 is 0. The fourth-order valence-electron chi connectivity index (χ4n) is 1.25. The SMILES string of the molecule is OCC#Cc1ccc(C#Cc2ccccc2)s1. The molecule has 2 heteroatoms. The van der Waals surface area contributed by atoms with Crippen LogP contribution in [0.4, 0.5) is 0 Å². The fourth-order valence-corrected chi connectivity index (χ4v) is 1.99. The van der Waals surface area contributed by atoms with Crippen LogP contribution in [0.5, 0.6) is 0 Å². The van der Waals surface area contributed by atoms with E-state index in [0.29, 0.717) is 0 Å². The molecule has 0 fully saturated rings. The van der Waals surface area contributed by atoms with Crippen LogP contribution in [0.1, 0.15) is 15.3 Å². The lowest BCUT2D eigenvalue weighted by atomic mass is 10.2. The minimum Gasteiger partial charge on any atom is -0.384 e. The molecular formula is C15H10OS. The summed E-state index contributed by atoms with van der Waals surface area (Å²) in [5.74, 6) is 11.7. The highest BCUT2D eigenvalue weighted by atomic mass is 32.1. The number of benzene rings is 1. The molecule has 0 aliphatic heterocycles. The van der Waals surface area contributed by atoms with Crippen molar-refractivity contribution in [2.24, 2.45) is 0 Å². The maximum Gasteiger partial charge on any atom is 0.104 e. The van der Waals surface area contributed by atoms with E-state index in [0.717, 1.165) is 15.3 Å². The summed E-state index contributed by atoms with van der Waals surface area (Å²) in [6.45, 7) is -0.108. The third-order valence-electron chi connectivity index (χ3n) is 2.00. The van der Waals surface area contributed by atoms with Gasteiger partial charge in [-0.05, 0) is 24.3 Å². The molecule has 0 aliphatic rings. The molecule has 0 amide bonds. The molecular weight excluding hydrogens is 228 g/mol. The molecule has 1 aromatic heterocycles. The molecule has 2 aromatic rings. The molecule has 17 heavy (non-hydrogen) atoms. The molecule has 2 rings (SSSR count). The summed E-state index contributed by atoms with van der Waals surface area (Å²) in [4.78, 5) is 1.91. The van der Waals surface area contributed by atoms with Gasteiger partial charge in [0, 0.05) is 5.56 Å². The first-order valence-electron chi connectivity index (χ1n) is 5.15. The lowest BCUT2D eigenvalue weighted by Gasteiger charge is -1.85. The third-order valence-corrected chi connectivity index (χ3v) is 2.92. The Balaban J connectivity index is 2.15. The Bertz CT molecular complexity index is 603. The summed E-state index contributed by atoms with van der Waals surface area (Å²) >= 11 is 1.53. The maximum absolute atomic E-state index is 8.59. The molecule has 0 spiro atoms. The summed E-state index contributed by atoms with van der Waals surface area (Å²) in [5.41, 5.74) is 1.00. The molecule has 82 valence electrons. The van der Waals surface area contributed by atoms with Gasteiger partial charge in [-0.3, -0.25) is 0 Å². The van der Waals surface area contributed by atoms with Crippen LogP contribution in [0.25, 0.3) is 0 Å². The molecule has 1 nitrogen and oxygen atoms in total. The summed E-state index contributed by atoms with van der Waals surface area (Å²) in [5, 5.41) is 8.59. The Labute approximate surface area is 105 Å². The summed E-state index contributed by atoms with van der Waals surface area (Å²) in [7, 11) is 0. The predicted octanol–water partition coefficient (Wildman–Crippen LogP) is 2.49. The highest BCUT2D eigenvalue weighted by Gasteiger charge is 1.93. The van der Waals surface area contributed by atoms with Gasteiger partial charge in [0.2, 0.25) is 0 Å². The van der Waals surface area contributed by atoms with Crippen LogP contribution in [0.2, 0.25) is 0 Å². The average Bonchev–Trinajstić information content (AvgIpc) is 2.83. The van der Waals surface area contributed by atoms with Crippen LogP contribution >= 0.6 is 11.3 Å². The molecule has 1 aromatic carbocycles. The van der Waals surface area contributed by atoms with Gasteiger partial charge in [0.1, 0.15) is 6.61 Å². The summed E-state index contributed by atoms with van der Waals surface area (Å²) in [6, 6.07) is 13.7. The smallest absolute Gasteiger partial charge is 0.104 e. The van der Waals surface area contributed by atoms with E-state index in [4.69, 9.17) is 5.11 Å². The van der Waals surface area contributed by atoms with Gasteiger partial charge in [-0.1, -0.05) is 41.9 Å². The van der Waals surface area contributed by atoms with E-state index in [-0.39, 0.29) is 6.61 Å². The van der Waals surface area contributed by atoms with Crippen LogP contribution in [0.15, 0.2) is 42.5 Å². The van der Waals surface area contributed by atoms with Crippen molar-refractivity contribution in [3.05, 3.63) is 57.8 Å². The van der Waals surface area contributed by atoms with E-state index in [1.54, 1.807) is 0 Å². The quantitative estimate of drug-likeness (QED) is 0.699. The minimum absolute atomic E-state index is 0.108. The third kappa shape index (κ3) is 3.50. The monoisotopic (exact) mass is 238 g/mol. The first kappa shape index (κ1) is 11.5. The number of hydrogen-bond acceptors (Lipinski definition) is 2. The standard InChI is InChI=1S/C15H10OS/c16-12-4-7-14-10-11-15(17-14)9-8-13-5-2-1-3-6-13/h1-3,5-6,10-11,16H,12H2. The molecule has 0 saturated carbocycles. The first-order chi connectivity index (χ1) is 8.38. The van der Waals surface area contributed by atoms with Crippen molar-refractivity contribution >= 4 is 11.3 Å². The second-order valence-corrected chi connectivity index (χ2v) is 4.32. The highest BCUT2D eigenvalue weighted by Crippen LogP contribution is 2.14. The number of thiophene rings is 1. The number of rotatable bonds is 0. The van der Waals surface area contributed by atoms with Crippen molar-refractivity contribution in [1.29, 1.82) is 0 Å². The van der Waals surface area contributed by atoms with Crippen LogP contribution < -0.4 is 0 Å². The normalized spacial score (nSPS) is 8.76. The average molecular weight is 238 g/mol. The Morgan fingerprint density at radius 2 is 1.59 bits per heavy atom. The van der Waals surface area contributed by atoms with E-state index in [9.17, 15) is 0 Å². The van der Waals surface area contributed by atoms with E-state index < -0.39 is 0 Å². The number of hydrogen-bond donors (Lipinski definition) is 1. The number of aliphatic hydroxyl groups excluding tert-OH is 1. The van der Waals surface area contributed by atoms with Crippen LogP contribution in [-0.4, -0.2) is 11.7 Å². The zero-order chi connectivity index (χ0) is 11.9. The van der Waals surface area contributed by atoms with Crippen LogP contribution in [0, 0.1) is 23.7 Å². The zero-order valence-corrected chi connectivity index (χ0v) is 9.92. The molecule has 1 heterocycles. The Morgan fingerprint density at radius 1 is 0.882 bits per heavy atom. The molecule has 0 unspecified atom stereocenters. The van der Waals surface area contributed by atoms with Crippen LogP contribution in [-0.2, 0) is 0 Å². The lowest BCUT2D eigenvalue weighted by molar-refractivity contribution is 0.350. The Kier molecular flexibility index (Phi) is 4.00. The lowest BCUT2D eigenvalue weighted by Crippen LogP contribution is -1.71. The molecule has 0 aliphatic carbocycles. The van der Waals surface area contributed by atoms with Gasteiger partial charge in [-0.15, -0.1) is 11.3 Å². The maximum atomic E-state index is 8.59. The van der Waals surface area contributed by atoms with E-state index in [1.165, 1.54) is 11.3 Å². The van der Waals surface area contributed by atoms with Crippen molar-refractivity contribution in [1.82, 2.24) is 0 Å². The van der Waals surface area contributed by atoms with E-state index in [2.05, 4.69) is 23.7 Å². The van der Waals surface area contributed by atoms with Crippen molar-refractivity contribution < 1.29 is 5.11 Å².